The molecule has 0 aliphatic heterocycles. The fraction of sp³-hybridized carbons (Fsp3) is 0.133. The van der Waals surface area contributed by atoms with Gasteiger partial charge in [-0.1, -0.05) is 40.2 Å². The monoisotopic (exact) mass is 300 g/mol. The molecule has 0 fully saturated rings. The molecule has 2 aromatic heterocycles. The number of aromatic nitrogens is 2. The molecule has 0 aliphatic rings. The second-order valence-corrected chi connectivity index (χ2v) is 5.25. The van der Waals surface area contributed by atoms with Crippen molar-refractivity contribution < 1.29 is 0 Å². The number of pyridine rings is 1. The van der Waals surface area contributed by atoms with E-state index in [-0.39, 0.29) is 0 Å². The van der Waals surface area contributed by atoms with Crippen molar-refractivity contribution in [1.29, 1.82) is 0 Å². The number of fused-ring (bicyclic) bond motifs is 1. The maximum Gasteiger partial charge on any atom is 0.137 e. The summed E-state index contributed by atoms with van der Waals surface area (Å²) in [6.45, 7) is 2.09. The molecule has 3 rings (SSSR count). The summed E-state index contributed by atoms with van der Waals surface area (Å²) in [5.74, 6) is 0. The third-order valence-corrected chi connectivity index (χ3v) is 3.85. The fourth-order valence-electron chi connectivity index (χ4n) is 2.12. The van der Waals surface area contributed by atoms with Gasteiger partial charge in [0.2, 0.25) is 0 Å². The van der Waals surface area contributed by atoms with Crippen molar-refractivity contribution in [3.05, 3.63) is 70.1 Å². The van der Waals surface area contributed by atoms with Crippen LogP contribution in [0.4, 0.5) is 0 Å². The molecule has 0 atom stereocenters. The molecule has 0 amide bonds. The van der Waals surface area contributed by atoms with E-state index in [0.29, 0.717) is 0 Å². The largest absolute Gasteiger partial charge is 0.304 e. The molecule has 18 heavy (non-hydrogen) atoms. The normalized spacial score (nSPS) is 11.0. The molecule has 2 nitrogen and oxygen atoms in total. The van der Waals surface area contributed by atoms with Crippen molar-refractivity contribution in [1.82, 2.24) is 9.38 Å². The third-order valence-electron chi connectivity index (χ3n) is 3.08. The first kappa shape index (κ1) is 11.5. The Labute approximate surface area is 114 Å². The van der Waals surface area contributed by atoms with Crippen molar-refractivity contribution in [3.63, 3.8) is 0 Å². The molecular formula is C15H13BrN2. The van der Waals surface area contributed by atoms with E-state index < -0.39 is 0 Å². The van der Waals surface area contributed by atoms with Crippen LogP contribution in [-0.2, 0) is 6.42 Å². The van der Waals surface area contributed by atoms with Crippen molar-refractivity contribution in [2.24, 2.45) is 0 Å². The van der Waals surface area contributed by atoms with Crippen LogP contribution in [0, 0.1) is 6.92 Å². The van der Waals surface area contributed by atoms with Gasteiger partial charge < -0.3 is 4.40 Å². The second kappa shape index (κ2) is 4.58. The SMILES string of the molecule is Cc1cccc2nc(Cc3ccccc3Br)cn12. The number of rotatable bonds is 2. The average molecular weight is 301 g/mol. The minimum atomic E-state index is 0.850. The number of hydrogen-bond donors (Lipinski definition) is 0. The molecule has 0 saturated carbocycles. The van der Waals surface area contributed by atoms with Gasteiger partial charge in [0.1, 0.15) is 5.65 Å². The summed E-state index contributed by atoms with van der Waals surface area (Å²) < 4.78 is 3.27. The van der Waals surface area contributed by atoms with Gasteiger partial charge in [0.25, 0.3) is 0 Å². The minimum absolute atomic E-state index is 0.850. The van der Waals surface area contributed by atoms with E-state index in [0.717, 1.165) is 22.2 Å². The summed E-state index contributed by atoms with van der Waals surface area (Å²) >= 11 is 3.58. The molecule has 0 unspecified atom stereocenters. The Morgan fingerprint density at radius 1 is 1.11 bits per heavy atom. The number of aryl methyl sites for hydroxylation is 1. The lowest BCUT2D eigenvalue weighted by molar-refractivity contribution is 1.08. The van der Waals surface area contributed by atoms with Gasteiger partial charge in [0, 0.05) is 22.8 Å². The highest BCUT2D eigenvalue weighted by molar-refractivity contribution is 9.10. The Bertz CT molecular complexity index is 701. The van der Waals surface area contributed by atoms with Crippen LogP contribution in [0.25, 0.3) is 5.65 Å². The Morgan fingerprint density at radius 2 is 1.94 bits per heavy atom. The lowest BCUT2D eigenvalue weighted by Crippen LogP contribution is -1.89. The van der Waals surface area contributed by atoms with E-state index in [1.165, 1.54) is 11.3 Å². The Balaban J connectivity index is 2.01. The maximum absolute atomic E-state index is 4.65. The molecular weight excluding hydrogens is 288 g/mol. The summed E-state index contributed by atoms with van der Waals surface area (Å²) in [5.41, 5.74) is 4.57. The molecule has 2 heterocycles. The van der Waals surface area contributed by atoms with E-state index >= 15 is 0 Å². The van der Waals surface area contributed by atoms with Crippen molar-refractivity contribution in [2.45, 2.75) is 13.3 Å². The van der Waals surface area contributed by atoms with Gasteiger partial charge in [0.05, 0.1) is 5.69 Å². The van der Waals surface area contributed by atoms with Gasteiger partial charge in [-0.3, -0.25) is 0 Å². The predicted molar refractivity (Wildman–Crippen MR) is 76.9 cm³/mol. The fourth-order valence-corrected chi connectivity index (χ4v) is 2.55. The quantitative estimate of drug-likeness (QED) is 0.699. The van der Waals surface area contributed by atoms with Crippen molar-refractivity contribution in [2.75, 3.05) is 0 Å². The van der Waals surface area contributed by atoms with Gasteiger partial charge in [-0.05, 0) is 30.7 Å². The average Bonchev–Trinajstić information content (AvgIpc) is 2.76. The molecule has 3 heteroatoms. The van der Waals surface area contributed by atoms with E-state index in [4.69, 9.17) is 0 Å². The molecule has 0 aliphatic carbocycles. The van der Waals surface area contributed by atoms with Crippen LogP contribution in [0.15, 0.2) is 53.1 Å². The first-order valence-corrected chi connectivity index (χ1v) is 6.70. The Kier molecular flexibility index (Phi) is 2.92. The molecule has 90 valence electrons. The summed E-state index contributed by atoms with van der Waals surface area (Å²) in [4.78, 5) is 4.65. The van der Waals surface area contributed by atoms with E-state index in [1.807, 2.05) is 18.2 Å². The molecule has 0 saturated heterocycles. The number of imidazole rings is 1. The van der Waals surface area contributed by atoms with Crippen LogP contribution in [0.2, 0.25) is 0 Å². The number of hydrogen-bond acceptors (Lipinski definition) is 1. The standard InChI is InChI=1S/C15H13BrN2/c1-11-5-4-8-15-17-13(10-18(11)15)9-12-6-2-3-7-14(12)16/h2-8,10H,9H2,1H3. The zero-order valence-corrected chi connectivity index (χ0v) is 11.7. The van der Waals surface area contributed by atoms with Crippen LogP contribution < -0.4 is 0 Å². The Morgan fingerprint density at radius 3 is 2.72 bits per heavy atom. The maximum atomic E-state index is 4.65. The predicted octanol–water partition coefficient (Wildman–Crippen LogP) is 4.00. The van der Waals surface area contributed by atoms with E-state index in [9.17, 15) is 0 Å². The highest BCUT2D eigenvalue weighted by Crippen LogP contribution is 2.19. The molecule has 3 aromatic rings. The zero-order valence-electron chi connectivity index (χ0n) is 10.1. The number of halogens is 1. The number of benzene rings is 1. The number of nitrogens with zero attached hydrogens (tertiary/aromatic N) is 2. The van der Waals surface area contributed by atoms with Gasteiger partial charge in [-0.2, -0.15) is 0 Å². The van der Waals surface area contributed by atoms with Crippen LogP contribution in [0.5, 0.6) is 0 Å². The summed E-state index contributed by atoms with van der Waals surface area (Å²) in [7, 11) is 0. The van der Waals surface area contributed by atoms with Crippen LogP contribution in [0.1, 0.15) is 17.0 Å². The van der Waals surface area contributed by atoms with Crippen LogP contribution in [-0.4, -0.2) is 9.38 Å². The van der Waals surface area contributed by atoms with Gasteiger partial charge in [-0.25, -0.2) is 4.98 Å². The molecule has 0 N–H and O–H groups in total. The van der Waals surface area contributed by atoms with Crippen LogP contribution >= 0.6 is 15.9 Å². The lowest BCUT2D eigenvalue weighted by Gasteiger charge is -2.00. The lowest BCUT2D eigenvalue weighted by atomic mass is 10.1. The van der Waals surface area contributed by atoms with Crippen molar-refractivity contribution >= 4 is 21.6 Å². The highest BCUT2D eigenvalue weighted by Gasteiger charge is 2.05. The Hall–Kier alpha value is -1.61. The topological polar surface area (TPSA) is 17.3 Å². The smallest absolute Gasteiger partial charge is 0.137 e. The van der Waals surface area contributed by atoms with Gasteiger partial charge in [-0.15, -0.1) is 0 Å². The van der Waals surface area contributed by atoms with Gasteiger partial charge >= 0.3 is 0 Å². The summed E-state index contributed by atoms with van der Waals surface area (Å²) in [6, 6.07) is 14.5. The molecule has 0 spiro atoms. The second-order valence-electron chi connectivity index (χ2n) is 4.40. The zero-order chi connectivity index (χ0) is 12.5. The van der Waals surface area contributed by atoms with Crippen molar-refractivity contribution in [3.8, 4) is 0 Å². The first-order valence-electron chi connectivity index (χ1n) is 5.91. The van der Waals surface area contributed by atoms with E-state index in [2.05, 4.69) is 62.7 Å². The molecule has 0 bridgehead atoms. The highest BCUT2D eigenvalue weighted by atomic mass is 79.9. The summed E-state index contributed by atoms with van der Waals surface area (Å²) in [5, 5.41) is 0. The van der Waals surface area contributed by atoms with Crippen LogP contribution in [0.3, 0.4) is 0 Å². The van der Waals surface area contributed by atoms with E-state index in [1.54, 1.807) is 0 Å². The summed E-state index contributed by atoms with van der Waals surface area (Å²) in [6.07, 6.45) is 2.96. The third kappa shape index (κ3) is 2.06. The molecule has 1 aromatic carbocycles. The minimum Gasteiger partial charge on any atom is -0.304 e. The first-order chi connectivity index (χ1) is 8.74. The molecule has 0 radical (unpaired) electrons. The van der Waals surface area contributed by atoms with Gasteiger partial charge in [0.15, 0.2) is 0 Å².